The zero-order chi connectivity index (χ0) is 15.3. The molecular formula is C17H22BrNO2. The maximum absolute atomic E-state index is 12.5. The van der Waals surface area contributed by atoms with E-state index in [1.165, 1.54) is 11.1 Å². The molecule has 2 aliphatic rings. The van der Waals surface area contributed by atoms with Gasteiger partial charge in [0.2, 0.25) is 0 Å². The van der Waals surface area contributed by atoms with Crippen molar-refractivity contribution in [1.29, 1.82) is 0 Å². The number of hydrogen-bond acceptors (Lipinski definition) is 2. The second-order valence-electron chi connectivity index (χ2n) is 6.92. The number of ether oxygens (including phenoxy) is 1. The van der Waals surface area contributed by atoms with Gasteiger partial charge < -0.3 is 9.64 Å². The third-order valence-electron chi connectivity index (χ3n) is 4.82. The van der Waals surface area contributed by atoms with Crippen LogP contribution in [0.15, 0.2) is 22.7 Å². The molecule has 0 atom stereocenters. The van der Waals surface area contributed by atoms with Gasteiger partial charge in [-0.1, -0.05) is 28.9 Å². The number of hydrogen-bond donors (Lipinski definition) is 0. The summed E-state index contributed by atoms with van der Waals surface area (Å²) in [6.07, 6.45) is 2.97. The third-order valence-corrected chi connectivity index (χ3v) is 5.32. The van der Waals surface area contributed by atoms with Crippen molar-refractivity contribution >= 4 is 22.0 Å². The molecule has 3 nitrogen and oxygen atoms in total. The number of benzene rings is 1. The summed E-state index contributed by atoms with van der Waals surface area (Å²) in [7, 11) is 0. The lowest BCUT2D eigenvalue weighted by atomic mass is 9.87. The van der Waals surface area contributed by atoms with Crippen LogP contribution in [0.2, 0.25) is 0 Å². The Labute approximate surface area is 134 Å². The smallest absolute Gasteiger partial charge is 0.410 e. The highest BCUT2D eigenvalue weighted by Crippen LogP contribution is 2.53. The number of carbonyl (C=O) groups is 1. The number of carbonyl (C=O) groups excluding carboxylic acids is 1. The molecule has 1 aromatic rings. The van der Waals surface area contributed by atoms with E-state index in [4.69, 9.17) is 4.74 Å². The first-order chi connectivity index (χ1) is 9.85. The van der Waals surface area contributed by atoms with E-state index < -0.39 is 5.60 Å². The molecule has 0 radical (unpaired) electrons. The van der Waals surface area contributed by atoms with Gasteiger partial charge in [0, 0.05) is 23.0 Å². The summed E-state index contributed by atoms with van der Waals surface area (Å²) in [5.41, 5.74) is 2.45. The van der Waals surface area contributed by atoms with Gasteiger partial charge in [-0.3, -0.25) is 0 Å². The Kier molecular flexibility index (Phi) is 3.55. The molecule has 0 N–H and O–H groups in total. The Morgan fingerprint density at radius 1 is 1.43 bits per heavy atom. The van der Waals surface area contributed by atoms with Gasteiger partial charge in [0.15, 0.2) is 0 Å². The Hall–Kier alpha value is -1.03. The topological polar surface area (TPSA) is 29.5 Å². The first-order valence-corrected chi connectivity index (χ1v) is 8.41. The van der Waals surface area contributed by atoms with E-state index in [1.807, 2.05) is 25.7 Å². The molecule has 3 rings (SSSR count). The maximum Gasteiger partial charge on any atom is 0.410 e. The van der Waals surface area contributed by atoms with Crippen LogP contribution in [0.1, 0.15) is 51.2 Å². The Balaban J connectivity index is 1.82. The summed E-state index contributed by atoms with van der Waals surface area (Å²) in [5.74, 6) is 0. The van der Waals surface area contributed by atoms with Crippen molar-refractivity contribution in [1.82, 2.24) is 4.90 Å². The predicted octanol–water partition coefficient (Wildman–Crippen LogP) is 4.62. The van der Waals surface area contributed by atoms with Crippen molar-refractivity contribution in [2.75, 3.05) is 6.54 Å². The van der Waals surface area contributed by atoms with Crippen molar-refractivity contribution in [3.05, 3.63) is 33.8 Å². The van der Waals surface area contributed by atoms with Crippen LogP contribution in [0, 0.1) is 0 Å². The summed E-state index contributed by atoms with van der Waals surface area (Å²) in [5, 5.41) is 0. The molecule has 1 heterocycles. The molecule has 4 heteroatoms. The zero-order valence-electron chi connectivity index (χ0n) is 12.9. The minimum absolute atomic E-state index is 0.173. The molecule has 1 fully saturated rings. The average Bonchev–Trinajstić information content (AvgIpc) is 3.19. The third kappa shape index (κ3) is 2.83. The first kappa shape index (κ1) is 14.9. The SMILES string of the molecule is CCC(C)(C)OC(=O)N1Cc2ccc(Br)cc2C2(CC2)C1. The second-order valence-corrected chi connectivity index (χ2v) is 7.83. The van der Waals surface area contributed by atoms with E-state index in [0.29, 0.717) is 6.54 Å². The lowest BCUT2D eigenvalue weighted by Crippen LogP contribution is -2.44. The number of amides is 1. The fourth-order valence-corrected chi connectivity index (χ4v) is 3.33. The number of halogens is 1. The van der Waals surface area contributed by atoms with Gasteiger partial charge >= 0.3 is 6.09 Å². The molecule has 1 aliphatic heterocycles. The maximum atomic E-state index is 12.5. The summed E-state index contributed by atoms with van der Waals surface area (Å²) >= 11 is 3.56. The van der Waals surface area contributed by atoms with Crippen molar-refractivity contribution < 1.29 is 9.53 Å². The zero-order valence-corrected chi connectivity index (χ0v) is 14.5. The van der Waals surface area contributed by atoms with Crippen molar-refractivity contribution in [2.24, 2.45) is 0 Å². The van der Waals surface area contributed by atoms with Crippen LogP contribution >= 0.6 is 15.9 Å². The normalized spacial score (nSPS) is 19.3. The Morgan fingerprint density at radius 2 is 2.14 bits per heavy atom. The van der Waals surface area contributed by atoms with Crippen molar-refractivity contribution in [3.63, 3.8) is 0 Å². The van der Waals surface area contributed by atoms with Gasteiger partial charge in [-0.15, -0.1) is 0 Å². The predicted molar refractivity (Wildman–Crippen MR) is 86.3 cm³/mol. The van der Waals surface area contributed by atoms with E-state index >= 15 is 0 Å². The standard InChI is InChI=1S/C17H22BrNO2/c1-4-16(2,3)21-15(20)19-10-12-5-6-13(18)9-14(12)17(11-19)7-8-17/h5-6,9H,4,7-8,10-11H2,1-3H3. The molecule has 1 saturated carbocycles. The van der Waals surface area contributed by atoms with Crippen LogP contribution in [0.3, 0.4) is 0 Å². The molecule has 1 spiro atoms. The van der Waals surface area contributed by atoms with Crippen LogP contribution in [0.4, 0.5) is 4.79 Å². The fraction of sp³-hybridized carbons (Fsp3) is 0.588. The average molecular weight is 352 g/mol. The van der Waals surface area contributed by atoms with Crippen LogP contribution in [-0.2, 0) is 16.7 Å². The summed E-state index contributed by atoms with van der Waals surface area (Å²) in [6, 6.07) is 6.41. The quantitative estimate of drug-likeness (QED) is 0.777. The fourth-order valence-electron chi connectivity index (χ4n) is 2.97. The molecule has 1 amide bonds. The summed E-state index contributed by atoms with van der Waals surface area (Å²) < 4.78 is 6.79. The van der Waals surface area contributed by atoms with Crippen LogP contribution in [0.25, 0.3) is 0 Å². The van der Waals surface area contributed by atoms with Gasteiger partial charge in [0.05, 0.1) is 0 Å². The van der Waals surface area contributed by atoms with Gasteiger partial charge in [-0.25, -0.2) is 4.79 Å². The van der Waals surface area contributed by atoms with Crippen molar-refractivity contribution in [2.45, 2.75) is 57.6 Å². The molecule has 114 valence electrons. The minimum atomic E-state index is -0.395. The molecule has 0 unspecified atom stereocenters. The van der Waals surface area contributed by atoms with E-state index in [1.54, 1.807) is 0 Å². The lowest BCUT2D eigenvalue weighted by Gasteiger charge is -2.36. The van der Waals surface area contributed by atoms with Crippen LogP contribution in [0.5, 0.6) is 0 Å². The Morgan fingerprint density at radius 3 is 2.76 bits per heavy atom. The second kappa shape index (κ2) is 5.01. The van der Waals surface area contributed by atoms with Crippen molar-refractivity contribution in [3.8, 4) is 0 Å². The number of rotatable bonds is 2. The molecular weight excluding hydrogens is 330 g/mol. The van der Waals surface area contributed by atoms with E-state index in [9.17, 15) is 4.79 Å². The first-order valence-electron chi connectivity index (χ1n) is 7.62. The molecule has 1 aromatic carbocycles. The van der Waals surface area contributed by atoms with Gasteiger partial charge in [-0.2, -0.15) is 0 Å². The van der Waals surface area contributed by atoms with E-state index in [-0.39, 0.29) is 11.5 Å². The Bertz CT molecular complexity index is 578. The number of nitrogens with zero attached hydrogens (tertiary/aromatic N) is 1. The highest BCUT2D eigenvalue weighted by Gasteiger charge is 2.50. The molecule has 21 heavy (non-hydrogen) atoms. The van der Waals surface area contributed by atoms with Gasteiger partial charge in [-0.05, 0) is 56.4 Å². The van der Waals surface area contributed by atoms with Crippen LogP contribution in [-0.4, -0.2) is 23.1 Å². The lowest BCUT2D eigenvalue weighted by molar-refractivity contribution is 0.00671. The van der Waals surface area contributed by atoms with E-state index in [2.05, 4.69) is 34.1 Å². The van der Waals surface area contributed by atoms with E-state index in [0.717, 1.165) is 30.3 Å². The largest absolute Gasteiger partial charge is 0.443 e. The van der Waals surface area contributed by atoms with Gasteiger partial charge in [0.1, 0.15) is 5.60 Å². The van der Waals surface area contributed by atoms with Gasteiger partial charge in [0.25, 0.3) is 0 Å². The monoisotopic (exact) mass is 351 g/mol. The highest BCUT2D eigenvalue weighted by molar-refractivity contribution is 9.10. The molecule has 0 saturated heterocycles. The summed E-state index contributed by atoms with van der Waals surface area (Å²) in [4.78, 5) is 14.3. The highest BCUT2D eigenvalue weighted by atomic mass is 79.9. The number of fused-ring (bicyclic) bond motifs is 2. The minimum Gasteiger partial charge on any atom is -0.443 e. The molecule has 0 aromatic heterocycles. The van der Waals surface area contributed by atoms with Crippen LogP contribution < -0.4 is 0 Å². The molecule has 0 bridgehead atoms. The summed E-state index contributed by atoms with van der Waals surface area (Å²) in [6.45, 7) is 7.41. The molecule has 1 aliphatic carbocycles.